The molecule has 0 spiro atoms. The third-order valence-electron chi connectivity index (χ3n) is 3.21. The second-order valence-corrected chi connectivity index (χ2v) is 5.59. The van der Waals surface area contributed by atoms with Crippen LogP contribution in [0.15, 0.2) is 66.0 Å². The van der Waals surface area contributed by atoms with Crippen molar-refractivity contribution in [1.29, 1.82) is 5.26 Å². The summed E-state index contributed by atoms with van der Waals surface area (Å²) in [5, 5.41) is 13.7. The van der Waals surface area contributed by atoms with Crippen molar-refractivity contribution < 1.29 is 4.79 Å². The van der Waals surface area contributed by atoms with E-state index in [1.54, 1.807) is 24.3 Å². The van der Waals surface area contributed by atoms with Crippen molar-refractivity contribution in [2.45, 2.75) is 0 Å². The van der Waals surface area contributed by atoms with E-state index < -0.39 is 0 Å². The highest BCUT2D eigenvalue weighted by atomic mass is 32.1. The molecule has 3 rings (SSSR count). The summed E-state index contributed by atoms with van der Waals surface area (Å²) >= 11 is 1.40. The summed E-state index contributed by atoms with van der Waals surface area (Å²) < 4.78 is 0. The Morgan fingerprint density at radius 3 is 2.64 bits per heavy atom. The summed E-state index contributed by atoms with van der Waals surface area (Å²) in [6.45, 7) is 0. The van der Waals surface area contributed by atoms with Crippen LogP contribution in [-0.2, 0) is 0 Å². The van der Waals surface area contributed by atoms with Crippen molar-refractivity contribution in [3.8, 4) is 17.2 Å². The van der Waals surface area contributed by atoms with Crippen molar-refractivity contribution in [2.75, 3.05) is 5.32 Å². The van der Waals surface area contributed by atoms with Crippen LogP contribution in [-0.4, -0.2) is 5.91 Å². The van der Waals surface area contributed by atoms with Crippen LogP contribution >= 0.6 is 11.3 Å². The van der Waals surface area contributed by atoms with Gasteiger partial charge in [0.25, 0.3) is 5.91 Å². The number of anilines is 1. The molecule has 0 aliphatic rings. The van der Waals surface area contributed by atoms with Gasteiger partial charge >= 0.3 is 0 Å². The van der Waals surface area contributed by atoms with Crippen LogP contribution in [0.4, 0.5) is 5.69 Å². The van der Waals surface area contributed by atoms with Gasteiger partial charge in [0.05, 0.1) is 16.5 Å². The van der Waals surface area contributed by atoms with Gasteiger partial charge in [-0.1, -0.05) is 36.4 Å². The lowest BCUT2D eigenvalue weighted by Crippen LogP contribution is -2.11. The highest BCUT2D eigenvalue weighted by Gasteiger charge is 2.14. The number of nitrogens with one attached hydrogen (secondary N) is 1. The van der Waals surface area contributed by atoms with Crippen molar-refractivity contribution in [3.05, 3.63) is 76.5 Å². The summed E-state index contributed by atoms with van der Waals surface area (Å²) in [5.74, 6) is -0.163. The Kier molecular flexibility index (Phi) is 3.99. The second-order valence-electron chi connectivity index (χ2n) is 4.68. The maximum atomic E-state index is 12.5. The van der Waals surface area contributed by atoms with Crippen LogP contribution in [0.3, 0.4) is 0 Å². The molecule has 0 saturated heterocycles. The molecule has 0 aliphatic carbocycles. The minimum atomic E-state index is -0.163. The predicted octanol–water partition coefficient (Wildman–Crippen LogP) is 4.54. The van der Waals surface area contributed by atoms with E-state index in [-0.39, 0.29) is 5.91 Å². The van der Waals surface area contributed by atoms with E-state index in [1.165, 1.54) is 11.3 Å². The second kappa shape index (κ2) is 6.25. The zero-order chi connectivity index (χ0) is 15.4. The molecule has 1 aromatic heterocycles. The molecule has 4 heteroatoms. The fourth-order valence-corrected chi connectivity index (χ4v) is 3.00. The average Bonchev–Trinajstić information content (AvgIpc) is 3.05. The van der Waals surface area contributed by atoms with E-state index >= 15 is 0 Å². The molecule has 0 unspecified atom stereocenters. The lowest BCUT2D eigenvalue weighted by atomic mass is 10.1. The summed E-state index contributed by atoms with van der Waals surface area (Å²) in [6.07, 6.45) is 0. The highest BCUT2D eigenvalue weighted by Crippen LogP contribution is 2.28. The number of carbonyl (C=O) groups is 1. The van der Waals surface area contributed by atoms with Crippen LogP contribution in [0.2, 0.25) is 0 Å². The molecule has 1 amide bonds. The van der Waals surface area contributed by atoms with Gasteiger partial charge in [-0.25, -0.2) is 0 Å². The van der Waals surface area contributed by atoms with E-state index in [0.29, 0.717) is 16.1 Å². The maximum Gasteiger partial charge on any atom is 0.266 e. The van der Waals surface area contributed by atoms with Gasteiger partial charge in [0.2, 0.25) is 0 Å². The largest absolute Gasteiger partial charge is 0.321 e. The molecule has 2 aromatic carbocycles. The summed E-state index contributed by atoms with van der Waals surface area (Å²) in [7, 11) is 0. The van der Waals surface area contributed by atoms with E-state index in [0.717, 1.165) is 11.1 Å². The van der Waals surface area contributed by atoms with Crippen LogP contribution in [0.5, 0.6) is 0 Å². The molecule has 0 bridgehead atoms. The molecular formula is C18H12N2OS. The van der Waals surface area contributed by atoms with Gasteiger partial charge in [-0.3, -0.25) is 4.79 Å². The SMILES string of the molecule is N#Cc1cccc(NC(=O)c2sccc2-c2ccccc2)c1. The molecule has 1 heterocycles. The minimum Gasteiger partial charge on any atom is -0.321 e. The van der Waals surface area contributed by atoms with Crippen LogP contribution in [0.25, 0.3) is 11.1 Å². The number of carbonyl (C=O) groups excluding carboxylic acids is 1. The zero-order valence-corrected chi connectivity index (χ0v) is 12.4. The topological polar surface area (TPSA) is 52.9 Å². The number of thiophene rings is 1. The van der Waals surface area contributed by atoms with Crippen LogP contribution in [0.1, 0.15) is 15.2 Å². The van der Waals surface area contributed by atoms with Crippen molar-refractivity contribution in [2.24, 2.45) is 0 Å². The van der Waals surface area contributed by atoms with Crippen LogP contribution < -0.4 is 5.32 Å². The Hall–Kier alpha value is -2.90. The van der Waals surface area contributed by atoms with Gasteiger partial charge in [-0.2, -0.15) is 5.26 Å². The highest BCUT2D eigenvalue weighted by molar-refractivity contribution is 7.12. The van der Waals surface area contributed by atoms with Crippen molar-refractivity contribution in [1.82, 2.24) is 0 Å². The van der Waals surface area contributed by atoms with E-state index in [9.17, 15) is 4.79 Å². The molecule has 0 fully saturated rings. The molecule has 22 heavy (non-hydrogen) atoms. The predicted molar refractivity (Wildman–Crippen MR) is 88.9 cm³/mol. The molecule has 3 nitrogen and oxygen atoms in total. The minimum absolute atomic E-state index is 0.163. The Balaban J connectivity index is 1.88. The summed E-state index contributed by atoms with van der Waals surface area (Å²) in [4.78, 5) is 13.1. The monoisotopic (exact) mass is 304 g/mol. The molecule has 1 N–H and O–H groups in total. The number of hydrogen-bond acceptors (Lipinski definition) is 3. The fourth-order valence-electron chi connectivity index (χ4n) is 2.18. The van der Waals surface area contributed by atoms with Gasteiger partial charge in [0.1, 0.15) is 0 Å². The Bertz CT molecular complexity index is 847. The summed E-state index contributed by atoms with van der Waals surface area (Å²) in [6, 6.07) is 20.7. The van der Waals surface area contributed by atoms with Gasteiger partial charge in [-0.15, -0.1) is 11.3 Å². The third-order valence-corrected chi connectivity index (χ3v) is 4.12. The average molecular weight is 304 g/mol. The quantitative estimate of drug-likeness (QED) is 0.772. The molecule has 106 valence electrons. The van der Waals surface area contributed by atoms with Crippen molar-refractivity contribution >= 4 is 22.9 Å². The van der Waals surface area contributed by atoms with E-state index in [4.69, 9.17) is 5.26 Å². The normalized spacial score (nSPS) is 9.95. The zero-order valence-electron chi connectivity index (χ0n) is 11.6. The number of hydrogen-bond donors (Lipinski definition) is 1. The Morgan fingerprint density at radius 1 is 1.05 bits per heavy atom. The molecular weight excluding hydrogens is 292 g/mol. The third kappa shape index (κ3) is 2.90. The first-order chi connectivity index (χ1) is 10.8. The van der Waals surface area contributed by atoms with Crippen LogP contribution in [0, 0.1) is 11.3 Å². The maximum absolute atomic E-state index is 12.5. The Labute approximate surface area is 132 Å². The van der Waals surface area contributed by atoms with E-state index in [1.807, 2.05) is 41.8 Å². The smallest absolute Gasteiger partial charge is 0.266 e. The Morgan fingerprint density at radius 2 is 1.86 bits per heavy atom. The fraction of sp³-hybridized carbons (Fsp3) is 0. The lowest BCUT2D eigenvalue weighted by molar-refractivity contribution is 0.103. The standard InChI is InChI=1S/C18H12N2OS/c19-12-13-5-4-8-15(11-13)20-18(21)17-16(9-10-22-17)14-6-2-1-3-7-14/h1-11H,(H,20,21). The van der Waals surface area contributed by atoms with Gasteiger partial charge in [0.15, 0.2) is 0 Å². The van der Waals surface area contributed by atoms with Gasteiger partial charge in [0, 0.05) is 11.3 Å². The lowest BCUT2D eigenvalue weighted by Gasteiger charge is -2.06. The first kappa shape index (κ1) is 14.1. The number of nitriles is 1. The van der Waals surface area contributed by atoms with Gasteiger partial charge < -0.3 is 5.32 Å². The first-order valence-corrected chi connectivity index (χ1v) is 7.60. The molecule has 0 atom stereocenters. The number of amides is 1. The first-order valence-electron chi connectivity index (χ1n) is 6.72. The molecule has 0 radical (unpaired) electrons. The molecule has 0 aliphatic heterocycles. The molecule has 0 saturated carbocycles. The number of nitrogens with zero attached hydrogens (tertiary/aromatic N) is 1. The van der Waals surface area contributed by atoms with E-state index in [2.05, 4.69) is 11.4 Å². The summed E-state index contributed by atoms with van der Waals surface area (Å²) in [5.41, 5.74) is 3.07. The van der Waals surface area contributed by atoms with Gasteiger partial charge in [-0.05, 0) is 35.2 Å². The number of rotatable bonds is 3. The van der Waals surface area contributed by atoms with Crippen molar-refractivity contribution in [3.63, 3.8) is 0 Å². The molecule has 3 aromatic rings. The number of benzene rings is 2.